The number of amides is 2. The standard InChI is InChI=1S/C23H23FN2O5/c1-4-31-23(29)21(14(2)25-16-7-5-15(24)6-8-16)19-13-20(27)26(22(19)28)17-9-11-18(30-3)12-10-17/h5-12,19,25H,4,13H2,1-3H3/b21-14-. The van der Waals surface area contributed by atoms with E-state index < -0.39 is 29.5 Å². The average molecular weight is 426 g/mol. The number of imide groups is 1. The number of nitrogens with zero attached hydrogens (tertiary/aromatic N) is 1. The van der Waals surface area contributed by atoms with Crippen LogP contribution >= 0.6 is 0 Å². The molecule has 2 aromatic carbocycles. The topological polar surface area (TPSA) is 84.9 Å². The molecule has 0 bridgehead atoms. The lowest BCUT2D eigenvalue weighted by Gasteiger charge is -2.19. The van der Waals surface area contributed by atoms with Crippen molar-refractivity contribution in [3.8, 4) is 5.75 Å². The van der Waals surface area contributed by atoms with E-state index in [1.54, 1.807) is 38.1 Å². The van der Waals surface area contributed by atoms with Gasteiger partial charge in [-0.1, -0.05) is 0 Å². The summed E-state index contributed by atoms with van der Waals surface area (Å²) in [5, 5.41) is 3.00. The van der Waals surface area contributed by atoms with Crippen LogP contribution in [0.4, 0.5) is 15.8 Å². The van der Waals surface area contributed by atoms with E-state index in [2.05, 4.69) is 5.32 Å². The quantitative estimate of drug-likeness (QED) is 0.413. The van der Waals surface area contributed by atoms with Crippen LogP contribution in [0.25, 0.3) is 0 Å². The number of hydrogen-bond acceptors (Lipinski definition) is 6. The highest BCUT2D eigenvalue weighted by Crippen LogP contribution is 2.34. The fourth-order valence-corrected chi connectivity index (χ4v) is 3.44. The van der Waals surface area contributed by atoms with Crippen molar-refractivity contribution < 1.29 is 28.2 Å². The zero-order chi connectivity index (χ0) is 22.5. The van der Waals surface area contributed by atoms with Crippen molar-refractivity contribution in [2.45, 2.75) is 20.3 Å². The van der Waals surface area contributed by atoms with E-state index in [1.165, 1.54) is 31.4 Å². The van der Waals surface area contributed by atoms with Crippen LogP contribution in [0.3, 0.4) is 0 Å². The predicted molar refractivity (Wildman–Crippen MR) is 113 cm³/mol. The Hall–Kier alpha value is -3.68. The van der Waals surface area contributed by atoms with Gasteiger partial charge in [0, 0.05) is 17.8 Å². The summed E-state index contributed by atoms with van der Waals surface area (Å²) >= 11 is 0. The van der Waals surface area contributed by atoms with Crippen LogP contribution in [0.1, 0.15) is 20.3 Å². The molecule has 2 aromatic rings. The zero-order valence-electron chi connectivity index (χ0n) is 17.5. The highest BCUT2D eigenvalue weighted by Gasteiger charge is 2.44. The molecular formula is C23H23FN2O5. The number of esters is 1. The van der Waals surface area contributed by atoms with Crippen molar-refractivity contribution in [3.63, 3.8) is 0 Å². The number of allylic oxidation sites excluding steroid dienone is 1. The molecule has 2 amide bonds. The molecule has 0 spiro atoms. The summed E-state index contributed by atoms with van der Waals surface area (Å²) in [7, 11) is 1.52. The maximum Gasteiger partial charge on any atom is 0.336 e. The zero-order valence-corrected chi connectivity index (χ0v) is 17.5. The van der Waals surface area contributed by atoms with E-state index >= 15 is 0 Å². The fourth-order valence-electron chi connectivity index (χ4n) is 3.44. The third kappa shape index (κ3) is 4.74. The molecule has 1 fully saturated rings. The number of benzene rings is 2. The first-order valence-corrected chi connectivity index (χ1v) is 9.77. The van der Waals surface area contributed by atoms with Gasteiger partial charge in [-0.3, -0.25) is 9.59 Å². The molecule has 7 nitrogen and oxygen atoms in total. The Balaban J connectivity index is 1.95. The summed E-state index contributed by atoms with van der Waals surface area (Å²) in [5.74, 6) is -2.43. The molecule has 1 saturated heterocycles. The van der Waals surface area contributed by atoms with Crippen molar-refractivity contribution in [3.05, 3.63) is 65.6 Å². The minimum Gasteiger partial charge on any atom is -0.497 e. The van der Waals surface area contributed by atoms with Crippen LogP contribution in [0.15, 0.2) is 59.8 Å². The molecule has 1 heterocycles. The third-order valence-electron chi connectivity index (χ3n) is 4.90. The molecule has 1 aliphatic rings. The summed E-state index contributed by atoms with van der Waals surface area (Å²) in [6.07, 6.45) is -0.165. The van der Waals surface area contributed by atoms with Gasteiger partial charge in [-0.05, 0) is 62.4 Å². The van der Waals surface area contributed by atoms with Crippen LogP contribution in [-0.2, 0) is 19.1 Å². The lowest BCUT2D eigenvalue weighted by Crippen LogP contribution is -2.32. The largest absolute Gasteiger partial charge is 0.497 e. The Kier molecular flexibility index (Phi) is 6.69. The molecule has 0 saturated carbocycles. The van der Waals surface area contributed by atoms with Gasteiger partial charge in [-0.25, -0.2) is 14.1 Å². The molecule has 0 aromatic heterocycles. The number of ether oxygens (including phenoxy) is 2. The molecule has 8 heteroatoms. The number of halogens is 1. The van der Waals surface area contributed by atoms with E-state index in [4.69, 9.17) is 9.47 Å². The number of hydrogen-bond donors (Lipinski definition) is 1. The SMILES string of the molecule is CCOC(=O)/C(=C(/C)Nc1ccc(F)cc1)C1CC(=O)N(c2ccc(OC)cc2)C1=O. The molecule has 0 radical (unpaired) electrons. The normalized spacial score (nSPS) is 16.8. The Morgan fingerprint density at radius 3 is 2.35 bits per heavy atom. The number of carbonyl (C=O) groups is 3. The monoisotopic (exact) mass is 426 g/mol. The van der Waals surface area contributed by atoms with Crippen LogP contribution in [0.5, 0.6) is 5.75 Å². The summed E-state index contributed by atoms with van der Waals surface area (Å²) in [5.41, 5.74) is 1.35. The second-order valence-corrected chi connectivity index (χ2v) is 6.91. The number of rotatable bonds is 7. The van der Waals surface area contributed by atoms with E-state index in [0.29, 0.717) is 22.8 Å². The third-order valence-corrected chi connectivity index (χ3v) is 4.90. The summed E-state index contributed by atoms with van der Waals surface area (Å²) in [4.78, 5) is 39.6. The van der Waals surface area contributed by atoms with Crippen molar-refractivity contribution in [2.75, 3.05) is 23.9 Å². The lowest BCUT2D eigenvalue weighted by molar-refractivity contribution is -0.140. The number of carbonyl (C=O) groups excluding carboxylic acids is 3. The van der Waals surface area contributed by atoms with E-state index in [1.807, 2.05) is 0 Å². The van der Waals surface area contributed by atoms with Crippen LogP contribution in [0, 0.1) is 11.7 Å². The second-order valence-electron chi connectivity index (χ2n) is 6.91. The van der Waals surface area contributed by atoms with Gasteiger partial charge in [0.1, 0.15) is 11.6 Å². The first-order chi connectivity index (χ1) is 14.8. The van der Waals surface area contributed by atoms with Gasteiger partial charge < -0.3 is 14.8 Å². The van der Waals surface area contributed by atoms with Gasteiger partial charge in [0.25, 0.3) is 0 Å². The molecule has 1 N–H and O–H groups in total. The predicted octanol–water partition coefficient (Wildman–Crippen LogP) is 3.66. The van der Waals surface area contributed by atoms with Crippen LogP contribution < -0.4 is 15.0 Å². The summed E-state index contributed by atoms with van der Waals surface area (Å²) in [6.45, 7) is 3.39. The number of anilines is 2. The molecule has 31 heavy (non-hydrogen) atoms. The molecule has 0 aliphatic carbocycles. The lowest BCUT2D eigenvalue weighted by atomic mass is 9.95. The van der Waals surface area contributed by atoms with Crippen LogP contribution in [0.2, 0.25) is 0 Å². The molecule has 162 valence electrons. The molecule has 1 atom stereocenters. The minimum absolute atomic E-state index is 0.0699. The van der Waals surface area contributed by atoms with Gasteiger partial charge in [0.15, 0.2) is 0 Å². The van der Waals surface area contributed by atoms with Crippen molar-refractivity contribution in [1.29, 1.82) is 0 Å². The van der Waals surface area contributed by atoms with Crippen LogP contribution in [-0.4, -0.2) is 31.5 Å². The molecule has 3 rings (SSSR count). The smallest absolute Gasteiger partial charge is 0.336 e. The maximum atomic E-state index is 13.2. The highest BCUT2D eigenvalue weighted by molar-refractivity contribution is 6.23. The average Bonchev–Trinajstić information content (AvgIpc) is 3.04. The Morgan fingerprint density at radius 2 is 1.77 bits per heavy atom. The molecular weight excluding hydrogens is 403 g/mol. The highest BCUT2D eigenvalue weighted by atomic mass is 19.1. The van der Waals surface area contributed by atoms with E-state index in [-0.39, 0.29) is 18.6 Å². The van der Waals surface area contributed by atoms with Gasteiger partial charge >= 0.3 is 5.97 Å². The maximum absolute atomic E-state index is 13.2. The fraction of sp³-hybridized carbons (Fsp3) is 0.261. The second kappa shape index (κ2) is 9.42. The van der Waals surface area contributed by atoms with Crippen molar-refractivity contribution in [1.82, 2.24) is 0 Å². The summed E-state index contributed by atoms with van der Waals surface area (Å²) < 4.78 is 23.5. The summed E-state index contributed by atoms with van der Waals surface area (Å²) in [6, 6.07) is 12.1. The minimum atomic E-state index is -0.999. The number of nitrogens with one attached hydrogen (secondary N) is 1. The molecule has 1 aliphatic heterocycles. The van der Waals surface area contributed by atoms with Gasteiger partial charge in [0.2, 0.25) is 11.8 Å². The molecule has 1 unspecified atom stereocenters. The van der Waals surface area contributed by atoms with Crippen molar-refractivity contribution >= 4 is 29.2 Å². The Bertz CT molecular complexity index is 1020. The van der Waals surface area contributed by atoms with Gasteiger partial charge in [-0.2, -0.15) is 0 Å². The van der Waals surface area contributed by atoms with Crippen molar-refractivity contribution in [2.24, 2.45) is 5.92 Å². The first-order valence-electron chi connectivity index (χ1n) is 9.77. The Morgan fingerprint density at radius 1 is 1.13 bits per heavy atom. The van der Waals surface area contributed by atoms with E-state index in [9.17, 15) is 18.8 Å². The van der Waals surface area contributed by atoms with Gasteiger partial charge in [0.05, 0.1) is 30.9 Å². The first kappa shape index (κ1) is 22.0. The van der Waals surface area contributed by atoms with Gasteiger partial charge in [-0.15, -0.1) is 0 Å². The Labute approximate surface area is 179 Å². The number of methoxy groups -OCH3 is 1. The van der Waals surface area contributed by atoms with E-state index in [0.717, 1.165) is 4.90 Å².